The van der Waals surface area contributed by atoms with Gasteiger partial charge in [0.25, 0.3) is 0 Å². The Balaban J connectivity index is 1.46. The summed E-state index contributed by atoms with van der Waals surface area (Å²) in [7, 11) is 0. The first-order valence-electron chi connectivity index (χ1n) is 9.53. The Hall–Kier alpha value is -1.56. The van der Waals surface area contributed by atoms with Crippen molar-refractivity contribution in [2.45, 2.75) is 70.5 Å². The normalized spacial score (nSPS) is 21.8. The molecule has 3 rings (SSSR count). The van der Waals surface area contributed by atoms with Gasteiger partial charge in [-0.05, 0) is 32.6 Å². The summed E-state index contributed by atoms with van der Waals surface area (Å²) in [4.78, 5) is 7.34. The fourth-order valence-corrected chi connectivity index (χ4v) is 3.85. The van der Waals surface area contributed by atoms with E-state index in [0.29, 0.717) is 12.6 Å². The van der Waals surface area contributed by atoms with Crippen LogP contribution in [0.15, 0.2) is 21.8 Å². The zero-order chi connectivity index (χ0) is 16.6. The van der Waals surface area contributed by atoms with Crippen LogP contribution < -0.4 is 10.6 Å². The molecule has 1 aliphatic heterocycles. The minimum atomic E-state index is 0.514. The highest BCUT2D eigenvalue weighted by molar-refractivity contribution is 5.80. The van der Waals surface area contributed by atoms with Crippen LogP contribution in [0, 0.1) is 0 Å². The molecule has 1 aromatic heterocycles. The molecule has 6 nitrogen and oxygen atoms in total. The molecule has 24 heavy (non-hydrogen) atoms. The Kier molecular flexibility index (Phi) is 6.52. The van der Waals surface area contributed by atoms with E-state index in [-0.39, 0.29) is 0 Å². The van der Waals surface area contributed by atoms with Crippen molar-refractivity contribution < 1.29 is 4.52 Å². The first kappa shape index (κ1) is 17.3. The van der Waals surface area contributed by atoms with Gasteiger partial charge >= 0.3 is 0 Å². The van der Waals surface area contributed by atoms with Crippen LogP contribution in [-0.2, 0) is 6.54 Å². The zero-order valence-electron chi connectivity index (χ0n) is 14.8. The van der Waals surface area contributed by atoms with Crippen molar-refractivity contribution >= 4 is 5.96 Å². The summed E-state index contributed by atoms with van der Waals surface area (Å²) in [6, 6.07) is 3.21. The highest BCUT2D eigenvalue weighted by Gasteiger charge is 2.26. The first-order chi connectivity index (χ1) is 11.8. The molecule has 0 radical (unpaired) electrons. The lowest BCUT2D eigenvalue weighted by Crippen LogP contribution is -2.50. The summed E-state index contributed by atoms with van der Waals surface area (Å²) < 4.78 is 4.86. The molecule has 1 aromatic rings. The molecule has 0 atom stereocenters. The highest BCUT2D eigenvalue weighted by atomic mass is 16.5. The van der Waals surface area contributed by atoms with Gasteiger partial charge in [0.05, 0.1) is 6.54 Å². The Morgan fingerprint density at radius 3 is 2.71 bits per heavy atom. The largest absolute Gasteiger partial charge is 0.364 e. The number of nitrogens with zero attached hydrogens (tertiary/aromatic N) is 3. The second-order valence-corrected chi connectivity index (χ2v) is 6.93. The average Bonchev–Trinajstić information content (AvgIpc) is 3.15. The Labute approximate surface area is 145 Å². The number of nitrogens with one attached hydrogen (secondary N) is 2. The smallest absolute Gasteiger partial charge is 0.191 e. The lowest BCUT2D eigenvalue weighted by Gasteiger charge is -2.39. The number of likely N-dealkylation sites (tertiary alicyclic amines) is 1. The lowest BCUT2D eigenvalue weighted by atomic mass is 9.92. The monoisotopic (exact) mass is 333 g/mol. The van der Waals surface area contributed by atoms with Crippen molar-refractivity contribution in [2.75, 3.05) is 19.6 Å². The maximum Gasteiger partial charge on any atom is 0.191 e. The van der Waals surface area contributed by atoms with E-state index in [2.05, 4.69) is 32.6 Å². The summed E-state index contributed by atoms with van der Waals surface area (Å²) >= 11 is 0. The van der Waals surface area contributed by atoms with Crippen LogP contribution in [0.1, 0.15) is 57.6 Å². The predicted molar refractivity (Wildman–Crippen MR) is 95.9 cm³/mol. The van der Waals surface area contributed by atoms with Crippen molar-refractivity contribution in [3.05, 3.63) is 18.0 Å². The summed E-state index contributed by atoms with van der Waals surface area (Å²) in [6.45, 7) is 5.94. The topological polar surface area (TPSA) is 65.7 Å². The summed E-state index contributed by atoms with van der Waals surface area (Å²) in [6.07, 6.45) is 11.1. The van der Waals surface area contributed by atoms with Gasteiger partial charge in [0.15, 0.2) is 5.96 Å². The molecular formula is C18H31N5O. The predicted octanol–water partition coefficient (Wildman–Crippen LogP) is 2.53. The summed E-state index contributed by atoms with van der Waals surface area (Å²) in [5.41, 5.74) is 0.860. The van der Waals surface area contributed by atoms with E-state index >= 15 is 0 Å². The average molecular weight is 333 g/mol. The molecule has 0 spiro atoms. The molecule has 6 heteroatoms. The summed E-state index contributed by atoms with van der Waals surface area (Å²) in [5, 5.41) is 10.8. The van der Waals surface area contributed by atoms with E-state index in [4.69, 9.17) is 4.52 Å². The fraction of sp³-hybridized carbons (Fsp3) is 0.778. The molecule has 0 unspecified atom stereocenters. The molecule has 1 aliphatic carbocycles. The first-order valence-corrected chi connectivity index (χ1v) is 9.53. The Bertz CT molecular complexity index is 488. The molecule has 1 saturated heterocycles. The molecule has 0 aromatic carbocycles. The second kappa shape index (κ2) is 9.06. The maximum absolute atomic E-state index is 4.86. The van der Waals surface area contributed by atoms with Crippen LogP contribution in [0.4, 0.5) is 0 Å². The van der Waals surface area contributed by atoms with E-state index in [9.17, 15) is 0 Å². The number of piperidine rings is 1. The molecule has 0 bridgehead atoms. The van der Waals surface area contributed by atoms with E-state index < -0.39 is 0 Å². The van der Waals surface area contributed by atoms with Crippen LogP contribution in [0.2, 0.25) is 0 Å². The number of guanidine groups is 1. The van der Waals surface area contributed by atoms with E-state index in [1.807, 2.05) is 6.07 Å². The van der Waals surface area contributed by atoms with Gasteiger partial charge < -0.3 is 20.1 Å². The molecule has 2 aliphatic rings. The Morgan fingerprint density at radius 2 is 2.04 bits per heavy atom. The van der Waals surface area contributed by atoms with Crippen molar-refractivity contribution in [2.24, 2.45) is 4.99 Å². The van der Waals surface area contributed by atoms with E-state index in [1.165, 1.54) is 58.0 Å². The van der Waals surface area contributed by atoms with Crippen molar-refractivity contribution in [1.82, 2.24) is 20.7 Å². The maximum atomic E-state index is 4.86. The molecule has 0 amide bonds. The SMILES string of the molecule is CCNC(=NCc1ccon1)NC1CCN(C2CCCCC2)CC1. The number of hydrogen-bond acceptors (Lipinski definition) is 4. The number of hydrogen-bond donors (Lipinski definition) is 2. The van der Waals surface area contributed by atoms with Gasteiger partial charge in [-0.15, -0.1) is 0 Å². The molecule has 134 valence electrons. The lowest BCUT2D eigenvalue weighted by molar-refractivity contribution is 0.119. The third kappa shape index (κ3) is 4.97. The van der Waals surface area contributed by atoms with Crippen molar-refractivity contribution in [3.63, 3.8) is 0 Å². The standard InChI is InChI=1S/C18H31N5O/c1-2-19-18(20-14-16-10-13-24-22-16)21-15-8-11-23(12-9-15)17-6-4-3-5-7-17/h10,13,15,17H,2-9,11-12,14H2,1H3,(H2,19,20,21). The molecular weight excluding hydrogens is 302 g/mol. The van der Waals surface area contributed by atoms with E-state index in [1.54, 1.807) is 6.26 Å². The molecule has 1 saturated carbocycles. The van der Waals surface area contributed by atoms with Crippen molar-refractivity contribution in [3.8, 4) is 0 Å². The summed E-state index contributed by atoms with van der Waals surface area (Å²) in [5.74, 6) is 0.886. The molecule has 2 heterocycles. The third-order valence-electron chi connectivity index (χ3n) is 5.20. The van der Waals surface area contributed by atoms with Crippen LogP contribution in [0.5, 0.6) is 0 Å². The minimum Gasteiger partial charge on any atom is -0.364 e. The third-order valence-corrected chi connectivity index (χ3v) is 5.20. The molecule has 2 N–H and O–H groups in total. The van der Waals surface area contributed by atoms with Gasteiger partial charge in [-0.3, -0.25) is 0 Å². The van der Waals surface area contributed by atoms with Gasteiger partial charge in [0.2, 0.25) is 0 Å². The fourth-order valence-electron chi connectivity index (χ4n) is 3.85. The van der Waals surface area contributed by atoms with Crippen LogP contribution in [-0.4, -0.2) is 47.7 Å². The van der Waals surface area contributed by atoms with Gasteiger partial charge in [-0.1, -0.05) is 24.4 Å². The van der Waals surface area contributed by atoms with Gasteiger partial charge in [-0.2, -0.15) is 0 Å². The van der Waals surface area contributed by atoms with Crippen LogP contribution in [0.3, 0.4) is 0 Å². The van der Waals surface area contributed by atoms with Gasteiger partial charge in [0, 0.05) is 37.8 Å². The Morgan fingerprint density at radius 1 is 1.25 bits per heavy atom. The second-order valence-electron chi connectivity index (χ2n) is 6.93. The highest BCUT2D eigenvalue weighted by Crippen LogP contribution is 2.25. The van der Waals surface area contributed by atoms with Crippen LogP contribution >= 0.6 is 0 Å². The van der Waals surface area contributed by atoms with Crippen LogP contribution in [0.25, 0.3) is 0 Å². The van der Waals surface area contributed by atoms with E-state index in [0.717, 1.165) is 24.2 Å². The van der Waals surface area contributed by atoms with Crippen molar-refractivity contribution in [1.29, 1.82) is 0 Å². The number of aromatic nitrogens is 1. The van der Waals surface area contributed by atoms with Gasteiger partial charge in [-0.25, -0.2) is 4.99 Å². The number of aliphatic imine (C=N–C) groups is 1. The minimum absolute atomic E-state index is 0.514. The van der Waals surface area contributed by atoms with Gasteiger partial charge in [0.1, 0.15) is 12.0 Å². The number of rotatable bonds is 5. The zero-order valence-corrected chi connectivity index (χ0v) is 14.8. The molecule has 2 fully saturated rings. The quantitative estimate of drug-likeness (QED) is 0.640.